The highest BCUT2D eigenvalue weighted by Gasteiger charge is 2.34. The third kappa shape index (κ3) is 3.05. The van der Waals surface area contributed by atoms with E-state index in [9.17, 15) is 4.79 Å². The molecule has 4 heteroatoms. The van der Waals surface area contributed by atoms with Crippen LogP contribution in [0, 0.1) is 6.92 Å². The summed E-state index contributed by atoms with van der Waals surface area (Å²) in [6, 6.07) is 12.0. The molecule has 2 aromatic rings. The van der Waals surface area contributed by atoms with Gasteiger partial charge in [-0.3, -0.25) is 4.79 Å². The standard InChI is InChI=1S/C17H19N3O/c1-12-4-2-5-13(10-12)11-20(14-7-8-14)17(21)16-15(18)6-3-9-19-16/h2-6,9-10,14H,7-8,11,18H2,1H3. The van der Waals surface area contributed by atoms with Gasteiger partial charge in [-0.2, -0.15) is 0 Å². The number of aromatic nitrogens is 1. The molecule has 1 aliphatic rings. The Hall–Kier alpha value is -2.36. The van der Waals surface area contributed by atoms with Crippen LogP contribution in [-0.2, 0) is 6.54 Å². The highest BCUT2D eigenvalue weighted by Crippen LogP contribution is 2.30. The topological polar surface area (TPSA) is 59.2 Å². The summed E-state index contributed by atoms with van der Waals surface area (Å²) in [6.07, 6.45) is 3.73. The van der Waals surface area contributed by atoms with Crippen molar-refractivity contribution in [1.29, 1.82) is 0 Å². The fourth-order valence-corrected chi connectivity index (χ4v) is 2.49. The molecule has 0 saturated heterocycles. The molecule has 0 radical (unpaired) electrons. The molecule has 21 heavy (non-hydrogen) atoms. The molecule has 1 heterocycles. The Bertz CT molecular complexity index is 665. The summed E-state index contributed by atoms with van der Waals surface area (Å²) in [7, 11) is 0. The van der Waals surface area contributed by atoms with Crippen LogP contribution in [0.4, 0.5) is 5.69 Å². The number of aryl methyl sites for hydroxylation is 1. The van der Waals surface area contributed by atoms with Crippen LogP contribution in [0.15, 0.2) is 42.6 Å². The summed E-state index contributed by atoms with van der Waals surface area (Å²) in [5.74, 6) is -0.0721. The van der Waals surface area contributed by atoms with E-state index in [2.05, 4.69) is 30.1 Å². The Labute approximate surface area is 124 Å². The summed E-state index contributed by atoms with van der Waals surface area (Å²) < 4.78 is 0. The molecule has 1 aliphatic carbocycles. The van der Waals surface area contributed by atoms with Gasteiger partial charge in [-0.05, 0) is 37.5 Å². The smallest absolute Gasteiger partial charge is 0.275 e. The van der Waals surface area contributed by atoms with Crippen molar-refractivity contribution in [3.63, 3.8) is 0 Å². The molecule has 0 aliphatic heterocycles. The summed E-state index contributed by atoms with van der Waals surface area (Å²) in [5.41, 5.74) is 9.03. The van der Waals surface area contributed by atoms with Gasteiger partial charge in [0.2, 0.25) is 0 Å². The van der Waals surface area contributed by atoms with Gasteiger partial charge in [0.1, 0.15) is 0 Å². The number of hydrogen-bond donors (Lipinski definition) is 1. The first-order valence-electron chi connectivity index (χ1n) is 7.22. The number of carbonyl (C=O) groups excluding carboxylic acids is 1. The average molecular weight is 281 g/mol. The quantitative estimate of drug-likeness (QED) is 0.937. The summed E-state index contributed by atoms with van der Waals surface area (Å²) in [6.45, 7) is 2.67. The second-order valence-electron chi connectivity index (χ2n) is 5.59. The molecule has 1 amide bonds. The lowest BCUT2D eigenvalue weighted by atomic mass is 10.1. The Morgan fingerprint density at radius 2 is 2.14 bits per heavy atom. The molecule has 0 spiro atoms. The lowest BCUT2D eigenvalue weighted by Crippen LogP contribution is -2.33. The minimum atomic E-state index is -0.0721. The van der Waals surface area contributed by atoms with Crippen molar-refractivity contribution >= 4 is 11.6 Å². The van der Waals surface area contributed by atoms with Crippen molar-refractivity contribution in [2.24, 2.45) is 0 Å². The molecule has 1 aromatic carbocycles. The highest BCUT2D eigenvalue weighted by atomic mass is 16.2. The fourth-order valence-electron chi connectivity index (χ4n) is 2.49. The van der Waals surface area contributed by atoms with E-state index in [1.165, 1.54) is 5.56 Å². The van der Waals surface area contributed by atoms with E-state index in [-0.39, 0.29) is 5.91 Å². The summed E-state index contributed by atoms with van der Waals surface area (Å²) in [5, 5.41) is 0. The molecular formula is C17H19N3O. The van der Waals surface area contributed by atoms with Crippen molar-refractivity contribution in [3.8, 4) is 0 Å². The summed E-state index contributed by atoms with van der Waals surface area (Å²) in [4.78, 5) is 18.8. The highest BCUT2D eigenvalue weighted by molar-refractivity contribution is 5.97. The van der Waals surface area contributed by atoms with Crippen molar-refractivity contribution in [3.05, 3.63) is 59.4 Å². The maximum atomic E-state index is 12.7. The maximum Gasteiger partial charge on any atom is 0.275 e. The molecule has 1 saturated carbocycles. The Morgan fingerprint density at radius 1 is 1.33 bits per heavy atom. The van der Waals surface area contributed by atoms with Crippen LogP contribution in [0.3, 0.4) is 0 Å². The molecular weight excluding hydrogens is 262 g/mol. The van der Waals surface area contributed by atoms with Crippen LogP contribution in [0.5, 0.6) is 0 Å². The van der Waals surface area contributed by atoms with Crippen molar-refractivity contribution < 1.29 is 4.79 Å². The SMILES string of the molecule is Cc1cccc(CN(C(=O)c2ncccc2N)C2CC2)c1. The molecule has 1 aromatic heterocycles. The molecule has 1 fully saturated rings. The van der Waals surface area contributed by atoms with Crippen LogP contribution >= 0.6 is 0 Å². The number of rotatable bonds is 4. The second-order valence-corrected chi connectivity index (χ2v) is 5.59. The number of anilines is 1. The van der Waals surface area contributed by atoms with Gasteiger partial charge in [0.05, 0.1) is 5.69 Å². The van der Waals surface area contributed by atoms with Gasteiger partial charge in [0, 0.05) is 18.8 Å². The molecule has 4 nitrogen and oxygen atoms in total. The van der Waals surface area contributed by atoms with Gasteiger partial charge < -0.3 is 10.6 Å². The van der Waals surface area contributed by atoms with Crippen molar-refractivity contribution in [2.45, 2.75) is 32.4 Å². The summed E-state index contributed by atoms with van der Waals surface area (Å²) >= 11 is 0. The minimum absolute atomic E-state index is 0.0721. The monoisotopic (exact) mass is 281 g/mol. The first kappa shape index (κ1) is 13.6. The Balaban J connectivity index is 1.85. The van der Waals surface area contributed by atoms with Gasteiger partial charge in [-0.1, -0.05) is 29.8 Å². The number of pyridine rings is 1. The van der Waals surface area contributed by atoms with Gasteiger partial charge in [-0.15, -0.1) is 0 Å². The zero-order valence-corrected chi connectivity index (χ0v) is 12.1. The fraction of sp³-hybridized carbons (Fsp3) is 0.294. The van der Waals surface area contributed by atoms with Crippen LogP contribution < -0.4 is 5.73 Å². The Kier molecular flexibility index (Phi) is 3.60. The third-order valence-corrected chi connectivity index (χ3v) is 3.73. The van der Waals surface area contributed by atoms with E-state index in [4.69, 9.17) is 5.73 Å². The van der Waals surface area contributed by atoms with Crippen molar-refractivity contribution in [1.82, 2.24) is 9.88 Å². The van der Waals surface area contributed by atoms with Gasteiger partial charge in [0.15, 0.2) is 5.69 Å². The van der Waals surface area contributed by atoms with Crippen LogP contribution in [0.2, 0.25) is 0 Å². The van der Waals surface area contributed by atoms with E-state index in [1.54, 1.807) is 18.3 Å². The van der Waals surface area contributed by atoms with E-state index in [1.807, 2.05) is 11.0 Å². The first-order chi connectivity index (χ1) is 10.1. The predicted octanol–water partition coefficient (Wildman–Crippen LogP) is 2.78. The Morgan fingerprint density at radius 3 is 2.81 bits per heavy atom. The van der Waals surface area contributed by atoms with Crippen LogP contribution in [0.25, 0.3) is 0 Å². The van der Waals surface area contributed by atoms with Crippen molar-refractivity contribution in [2.75, 3.05) is 5.73 Å². The lowest BCUT2D eigenvalue weighted by Gasteiger charge is -2.23. The van der Waals surface area contributed by atoms with E-state index >= 15 is 0 Å². The minimum Gasteiger partial charge on any atom is -0.397 e. The molecule has 3 rings (SSSR count). The zero-order chi connectivity index (χ0) is 14.8. The predicted molar refractivity (Wildman–Crippen MR) is 82.7 cm³/mol. The first-order valence-corrected chi connectivity index (χ1v) is 7.22. The van der Waals surface area contributed by atoms with Crippen LogP contribution in [-0.4, -0.2) is 21.8 Å². The third-order valence-electron chi connectivity index (χ3n) is 3.73. The number of nitrogens with two attached hydrogens (primary N) is 1. The number of hydrogen-bond acceptors (Lipinski definition) is 3. The number of nitrogen functional groups attached to an aromatic ring is 1. The van der Waals surface area contributed by atoms with Crippen LogP contribution in [0.1, 0.15) is 34.5 Å². The van der Waals surface area contributed by atoms with E-state index in [0.717, 1.165) is 18.4 Å². The van der Waals surface area contributed by atoms with E-state index < -0.39 is 0 Å². The average Bonchev–Trinajstić information content (AvgIpc) is 3.29. The van der Waals surface area contributed by atoms with E-state index in [0.29, 0.717) is 24.0 Å². The van der Waals surface area contributed by atoms with Gasteiger partial charge in [0.25, 0.3) is 5.91 Å². The molecule has 2 N–H and O–H groups in total. The molecule has 108 valence electrons. The maximum absolute atomic E-state index is 12.7. The lowest BCUT2D eigenvalue weighted by molar-refractivity contribution is 0.0725. The largest absolute Gasteiger partial charge is 0.397 e. The van der Waals surface area contributed by atoms with Gasteiger partial charge in [-0.25, -0.2) is 4.98 Å². The number of amides is 1. The normalized spacial score (nSPS) is 14.0. The number of nitrogens with zero attached hydrogens (tertiary/aromatic N) is 2. The zero-order valence-electron chi connectivity index (χ0n) is 12.1. The number of benzene rings is 1. The second kappa shape index (κ2) is 5.56. The molecule has 0 unspecified atom stereocenters. The number of carbonyl (C=O) groups is 1. The molecule has 0 bridgehead atoms. The van der Waals surface area contributed by atoms with Gasteiger partial charge >= 0.3 is 0 Å². The molecule has 0 atom stereocenters.